The van der Waals surface area contributed by atoms with Gasteiger partial charge < -0.3 is 15.1 Å². The highest BCUT2D eigenvalue weighted by Gasteiger charge is 2.36. The number of aliphatic hydroxyl groups is 1. The number of aliphatic carboxylic acids is 1. The van der Waals surface area contributed by atoms with Crippen LogP contribution in [0.3, 0.4) is 0 Å². The summed E-state index contributed by atoms with van der Waals surface area (Å²) in [6, 6.07) is 4.83. The molecule has 0 radical (unpaired) electrons. The number of carboxylic acids is 1. The van der Waals surface area contributed by atoms with Crippen molar-refractivity contribution in [2.45, 2.75) is 18.6 Å². The maximum Gasteiger partial charge on any atom is 0.326 e. The number of non-ortho nitro benzene ring substituents is 1. The standard InChI is InChI=1S/C11H12N2O5/c14-9-5-10(11(15)16)12(6-9)7-1-3-8(4-2-7)13(17)18/h1-4,9-10,14H,5-6H2,(H,15,16)/t9-,10+/m1/s1. The smallest absolute Gasteiger partial charge is 0.326 e. The van der Waals surface area contributed by atoms with Gasteiger partial charge in [-0.05, 0) is 12.1 Å². The van der Waals surface area contributed by atoms with Crippen LogP contribution in [-0.4, -0.2) is 39.8 Å². The first-order valence-corrected chi connectivity index (χ1v) is 5.41. The number of β-amino-alcohol motifs (C(OH)–C–C–N with tert-alkyl or cyclic N) is 1. The molecule has 0 aliphatic carbocycles. The molecule has 96 valence electrons. The van der Waals surface area contributed by atoms with E-state index < -0.39 is 23.0 Å². The molecule has 0 bridgehead atoms. The Morgan fingerprint density at radius 1 is 1.39 bits per heavy atom. The second-order valence-electron chi connectivity index (χ2n) is 4.17. The summed E-state index contributed by atoms with van der Waals surface area (Å²) in [5, 5.41) is 29.1. The molecule has 0 unspecified atom stereocenters. The lowest BCUT2D eigenvalue weighted by Gasteiger charge is -2.23. The number of nitrogens with zero attached hydrogens (tertiary/aromatic N) is 2. The Bertz CT molecular complexity index is 473. The van der Waals surface area contributed by atoms with Crippen molar-refractivity contribution in [3.05, 3.63) is 34.4 Å². The molecule has 1 heterocycles. The average molecular weight is 252 g/mol. The summed E-state index contributed by atoms with van der Waals surface area (Å²) in [4.78, 5) is 22.6. The van der Waals surface area contributed by atoms with Crippen molar-refractivity contribution in [1.82, 2.24) is 0 Å². The van der Waals surface area contributed by atoms with Crippen molar-refractivity contribution in [1.29, 1.82) is 0 Å². The largest absolute Gasteiger partial charge is 0.480 e. The Balaban J connectivity index is 2.24. The van der Waals surface area contributed by atoms with Crippen molar-refractivity contribution >= 4 is 17.3 Å². The van der Waals surface area contributed by atoms with Crippen molar-refractivity contribution < 1.29 is 19.9 Å². The molecule has 0 saturated carbocycles. The molecular formula is C11H12N2O5. The predicted molar refractivity (Wildman–Crippen MR) is 62.5 cm³/mol. The zero-order chi connectivity index (χ0) is 13.3. The Labute approximate surface area is 102 Å². The molecule has 1 aromatic carbocycles. The van der Waals surface area contributed by atoms with Crippen molar-refractivity contribution in [3.63, 3.8) is 0 Å². The highest BCUT2D eigenvalue weighted by molar-refractivity contribution is 5.79. The van der Waals surface area contributed by atoms with Crippen LogP contribution in [0.1, 0.15) is 6.42 Å². The summed E-state index contributed by atoms with van der Waals surface area (Å²) >= 11 is 0. The molecule has 1 saturated heterocycles. The number of benzene rings is 1. The summed E-state index contributed by atoms with van der Waals surface area (Å²) < 4.78 is 0. The van der Waals surface area contributed by atoms with Crippen LogP contribution in [0.2, 0.25) is 0 Å². The van der Waals surface area contributed by atoms with Gasteiger partial charge in [0.2, 0.25) is 0 Å². The van der Waals surface area contributed by atoms with Gasteiger partial charge in [0.1, 0.15) is 6.04 Å². The molecule has 1 fully saturated rings. The lowest BCUT2D eigenvalue weighted by atomic mass is 10.2. The quantitative estimate of drug-likeness (QED) is 0.603. The van der Waals surface area contributed by atoms with E-state index in [9.17, 15) is 20.0 Å². The molecule has 0 aromatic heterocycles. The minimum atomic E-state index is -1.01. The Hall–Kier alpha value is -2.15. The van der Waals surface area contributed by atoms with Gasteiger partial charge in [0, 0.05) is 30.8 Å². The predicted octanol–water partition coefficient (Wildman–Crippen LogP) is 0.619. The molecule has 2 rings (SSSR count). The zero-order valence-corrected chi connectivity index (χ0v) is 9.39. The SMILES string of the molecule is O=C(O)[C@@H]1C[C@@H](O)CN1c1ccc([N+](=O)[O-])cc1. The fourth-order valence-electron chi connectivity index (χ4n) is 2.10. The lowest BCUT2D eigenvalue weighted by molar-refractivity contribution is -0.384. The first-order chi connectivity index (χ1) is 8.49. The van der Waals surface area contributed by atoms with Gasteiger partial charge >= 0.3 is 5.97 Å². The van der Waals surface area contributed by atoms with Crippen molar-refractivity contribution in [2.24, 2.45) is 0 Å². The second-order valence-corrected chi connectivity index (χ2v) is 4.17. The molecule has 0 spiro atoms. The number of carboxylic acid groups (broad SMARTS) is 1. The van der Waals surface area contributed by atoms with Crippen molar-refractivity contribution in [3.8, 4) is 0 Å². The minimum absolute atomic E-state index is 0.0506. The third kappa shape index (κ3) is 2.25. The Morgan fingerprint density at radius 3 is 2.50 bits per heavy atom. The first-order valence-electron chi connectivity index (χ1n) is 5.41. The van der Waals surface area contributed by atoms with Crippen LogP contribution in [0.5, 0.6) is 0 Å². The molecule has 1 aliphatic heterocycles. The molecule has 1 aliphatic rings. The van der Waals surface area contributed by atoms with Gasteiger partial charge in [0.15, 0.2) is 0 Å². The van der Waals surface area contributed by atoms with Gasteiger partial charge in [-0.3, -0.25) is 10.1 Å². The third-order valence-electron chi connectivity index (χ3n) is 2.96. The van der Waals surface area contributed by atoms with E-state index in [1.807, 2.05) is 0 Å². The first kappa shape index (κ1) is 12.3. The zero-order valence-electron chi connectivity index (χ0n) is 9.39. The van der Waals surface area contributed by atoms with Crippen LogP contribution < -0.4 is 4.90 Å². The van der Waals surface area contributed by atoms with Crippen LogP contribution in [0.15, 0.2) is 24.3 Å². The van der Waals surface area contributed by atoms with Crippen LogP contribution in [0, 0.1) is 10.1 Å². The molecule has 7 heteroatoms. The topological polar surface area (TPSA) is 104 Å². The van der Waals surface area contributed by atoms with E-state index in [0.717, 1.165) is 0 Å². The number of rotatable bonds is 3. The summed E-state index contributed by atoms with van der Waals surface area (Å²) in [5.74, 6) is -1.01. The molecule has 1 aromatic rings. The van der Waals surface area contributed by atoms with Gasteiger partial charge in [0.25, 0.3) is 5.69 Å². The molecule has 7 nitrogen and oxygen atoms in total. The van der Waals surface area contributed by atoms with E-state index in [2.05, 4.69) is 0 Å². The van der Waals surface area contributed by atoms with Gasteiger partial charge in [-0.1, -0.05) is 0 Å². The number of carbonyl (C=O) groups is 1. The number of hydrogen-bond acceptors (Lipinski definition) is 5. The van der Waals surface area contributed by atoms with Gasteiger partial charge in [-0.15, -0.1) is 0 Å². The van der Waals surface area contributed by atoms with Crippen LogP contribution in [0.25, 0.3) is 0 Å². The fraction of sp³-hybridized carbons (Fsp3) is 0.364. The third-order valence-corrected chi connectivity index (χ3v) is 2.96. The van der Waals surface area contributed by atoms with E-state index >= 15 is 0 Å². The highest BCUT2D eigenvalue weighted by atomic mass is 16.6. The van der Waals surface area contributed by atoms with Crippen LogP contribution in [0.4, 0.5) is 11.4 Å². The molecule has 18 heavy (non-hydrogen) atoms. The molecular weight excluding hydrogens is 240 g/mol. The maximum atomic E-state index is 11.0. The number of hydrogen-bond donors (Lipinski definition) is 2. The normalized spacial score (nSPS) is 23.1. The van der Waals surface area contributed by atoms with Gasteiger partial charge in [-0.2, -0.15) is 0 Å². The number of nitro benzene ring substituents is 1. The van der Waals surface area contributed by atoms with E-state index in [4.69, 9.17) is 5.11 Å². The van der Waals surface area contributed by atoms with Crippen LogP contribution in [-0.2, 0) is 4.79 Å². The summed E-state index contributed by atoms with van der Waals surface area (Å²) in [7, 11) is 0. The Kier molecular flexibility index (Phi) is 3.15. The fourth-order valence-corrected chi connectivity index (χ4v) is 2.10. The van der Waals surface area contributed by atoms with E-state index in [1.54, 1.807) is 0 Å². The number of anilines is 1. The van der Waals surface area contributed by atoms with E-state index in [1.165, 1.54) is 29.2 Å². The van der Waals surface area contributed by atoms with E-state index in [0.29, 0.717) is 5.69 Å². The van der Waals surface area contributed by atoms with Crippen molar-refractivity contribution in [2.75, 3.05) is 11.4 Å². The number of nitro groups is 1. The summed E-state index contributed by atoms with van der Waals surface area (Å²) in [6.07, 6.45) is -0.534. The Morgan fingerprint density at radius 2 is 2.00 bits per heavy atom. The maximum absolute atomic E-state index is 11.0. The lowest BCUT2D eigenvalue weighted by Crippen LogP contribution is -2.35. The van der Waals surface area contributed by atoms with E-state index in [-0.39, 0.29) is 18.7 Å². The number of aliphatic hydroxyl groups excluding tert-OH is 1. The monoisotopic (exact) mass is 252 g/mol. The average Bonchev–Trinajstić information content (AvgIpc) is 2.71. The molecule has 2 N–H and O–H groups in total. The van der Waals surface area contributed by atoms with Gasteiger partial charge in [-0.25, -0.2) is 4.79 Å². The van der Waals surface area contributed by atoms with Gasteiger partial charge in [0.05, 0.1) is 11.0 Å². The van der Waals surface area contributed by atoms with Crippen LogP contribution >= 0.6 is 0 Å². The highest BCUT2D eigenvalue weighted by Crippen LogP contribution is 2.27. The summed E-state index contributed by atoms with van der Waals surface area (Å²) in [6.45, 7) is 0.217. The minimum Gasteiger partial charge on any atom is -0.480 e. The second kappa shape index (κ2) is 4.61. The molecule has 2 atom stereocenters. The molecule has 0 amide bonds. The summed E-state index contributed by atoms with van der Waals surface area (Å²) in [5.41, 5.74) is 0.509.